The highest BCUT2D eigenvalue weighted by Crippen LogP contribution is 2.44. The number of halogens is 1. The molecule has 6 aromatic rings. The smallest absolute Gasteiger partial charge is 0.320 e. The molecule has 7 nitrogen and oxygen atoms in total. The standard InChI is InChI=1S/C36H32ClN5O2/c1-25(26-15-7-3-8-16-26)38-35(43)40-32-23-31-33(30(24-37)39-32)34(44-2)41-42(31)36(27-17-9-4-10-18-27,28-19-11-5-12-20-28)29-21-13-6-14-22-29/h3-23,25H,24H2,1-2H3,(H2,38,39,40,43)/t25-/m0/s1. The van der Waals surface area contributed by atoms with Gasteiger partial charge in [0.2, 0.25) is 5.88 Å². The second kappa shape index (κ2) is 12.6. The van der Waals surface area contributed by atoms with E-state index in [2.05, 4.69) is 47.0 Å². The Hall–Kier alpha value is -5.14. The molecule has 0 unspecified atom stereocenters. The molecular weight excluding hydrogens is 570 g/mol. The lowest BCUT2D eigenvalue weighted by molar-refractivity contribution is 0.249. The van der Waals surface area contributed by atoms with Gasteiger partial charge < -0.3 is 10.1 Å². The zero-order valence-electron chi connectivity index (χ0n) is 24.4. The molecule has 2 aromatic heterocycles. The van der Waals surface area contributed by atoms with Gasteiger partial charge in [-0.1, -0.05) is 121 Å². The first-order valence-corrected chi connectivity index (χ1v) is 14.9. The molecule has 1 atom stereocenters. The summed E-state index contributed by atoms with van der Waals surface area (Å²) in [5, 5.41) is 11.7. The van der Waals surface area contributed by atoms with Crippen LogP contribution >= 0.6 is 11.6 Å². The number of amides is 2. The van der Waals surface area contributed by atoms with Gasteiger partial charge in [-0.3, -0.25) is 5.32 Å². The maximum Gasteiger partial charge on any atom is 0.320 e. The van der Waals surface area contributed by atoms with E-state index < -0.39 is 5.54 Å². The van der Waals surface area contributed by atoms with E-state index in [1.54, 1.807) is 7.11 Å². The van der Waals surface area contributed by atoms with Gasteiger partial charge in [-0.2, -0.15) is 0 Å². The third-order valence-corrected chi connectivity index (χ3v) is 8.06. The lowest BCUT2D eigenvalue weighted by Gasteiger charge is -2.37. The lowest BCUT2D eigenvalue weighted by atomic mass is 9.77. The first kappa shape index (κ1) is 29.0. The van der Waals surface area contributed by atoms with Crippen LogP contribution in [0, 0.1) is 0 Å². The Morgan fingerprint density at radius 2 is 1.34 bits per heavy atom. The molecule has 2 heterocycles. The number of benzene rings is 4. The molecule has 0 saturated carbocycles. The molecule has 0 aliphatic rings. The fraction of sp³-hybridized carbons (Fsp3) is 0.139. The number of nitrogens with zero attached hydrogens (tertiary/aromatic N) is 3. The molecule has 0 aliphatic heterocycles. The molecular formula is C36H32ClN5O2. The minimum atomic E-state index is -0.912. The van der Waals surface area contributed by atoms with Crippen molar-refractivity contribution in [2.45, 2.75) is 24.4 Å². The SMILES string of the molecule is COc1nn(C(c2ccccc2)(c2ccccc2)c2ccccc2)c2cc(NC(=O)N[C@@H](C)c3ccccc3)nc(CCl)c12. The highest BCUT2D eigenvalue weighted by molar-refractivity contribution is 6.18. The van der Waals surface area contributed by atoms with Crippen LogP contribution in [0.1, 0.15) is 40.9 Å². The first-order chi connectivity index (χ1) is 21.6. The molecule has 44 heavy (non-hydrogen) atoms. The molecule has 2 amide bonds. The van der Waals surface area contributed by atoms with Crippen LogP contribution in [0.4, 0.5) is 10.6 Å². The van der Waals surface area contributed by atoms with Gasteiger partial charge >= 0.3 is 6.03 Å². The average molecular weight is 602 g/mol. The van der Waals surface area contributed by atoms with E-state index in [9.17, 15) is 4.79 Å². The summed E-state index contributed by atoms with van der Waals surface area (Å²) < 4.78 is 7.81. The number of aromatic nitrogens is 3. The van der Waals surface area contributed by atoms with E-state index in [0.717, 1.165) is 22.3 Å². The van der Waals surface area contributed by atoms with Crippen molar-refractivity contribution < 1.29 is 9.53 Å². The van der Waals surface area contributed by atoms with Crippen molar-refractivity contribution in [3.63, 3.8) is 0 Å². The van der Waals surface area contributed by atoms with E-state index in [4.69, 9.17) is 26.4 Å². The maximum absolute atomic E-state index is 13.2. The van der Waals surface area contributed by atoms with Gasteiger partial charge in [0.15, 0.2) is 0 Å². The molecule has 220 valence electrons. The number of urea groups is 1. The number of anilines is 1. The number of fused-ring (bicyclic) bond motifs is 1. The fourth-order valence-electron chi connectivity index (χ4n) is 5.82. The van der Waals surface area contributed by atoms with Gasteiger partial charge in [0.05, 0.1) is 35.6 Å². The zero-order valence-corrected chi connectivity index (χ0v) is 25.2. The van der Waals surface area contributed by atoms with Gasteiger partial charge in [0.1, 0.15) is 11.4 Å². The van der Waals surface area contributed by atoms with Crippen LogP contribution < -0.4 is 15.4 Å². The Balaban J connectivity index is 1.57. The Morgan fingerprint density at radius 1 is 0.841 bits per heavy atom. The first-order valence-electron chi connectivity index (χ1n) is 14.4. The molecule has 0 bridgehead atoms. The molecule has 0 saturated heterocycles. The number of methoxy groups -OCH3 is 1. The van der Waals surface area contributed by atoms with E-state index >= 15 is 0 Å². The van der Waals surface area contributed by atoms with Gasteiger partial charge in [-0.05, 0) is 29.2 Å². The number of pyridine rings is 1. The summed E-state index contributed by atoms with van der Waals surface area (Å²) in [6.45, 7) is 1.93. The van der Waals surface area contributed by atoms with Gasteiger partial charge in [0.25, 0.3) is 0 Å². The molecule has 0 spiro atoms. The Labute approximate surface area is 261 Å². The number of carbonyl (C=O) groups is 1. The predicted octanol–water partition coefficient (Wildman–Crippen LogP) is 7.90. The van der Waals surface area contributed by atoms with Crippen molar-refractivity contribution >= 4 is 34.4 Å². The largest absolute Gasteiger partial charge is 0.479 e. The molecule has 0 aliphatic carbocycles. The lowest BCUT2D eigenvalue weighted by Crippen LogP contribution is -2.38. The van der Waals surface area contributed by atoms with Crippen LogP contribution in [-0.2, 0) is 11.4 Å². The average Bonchev–Trinajstić information content (AvgIpc) is 3.45. The van der Waals surface area contributed by atoms with Gasteiger partial charge in [-0.25, -0.2) is 14.5 Å². The molecule has 0 radical (unpaired) electrons. The van der Waals surface area contributed by atoms with E-state index in [0.29, 0.717) is 28.3 Å². The van der Waals surface area contributed by atoms with E-state index in [1.807, 2.05) is 103 Å². The molecule has 8 heteroatoms. The van der Waals surface area contributed by atoms with Crippen molar-refractivity contribution in [2.75, 3.05) is 12.4 Å². The number of nitrogens with one attached hydrogen (secondary N) is 2. The summed E-state index contributed by atoms with van der Waals surface area (Å²) in [5.41, 5.74) is 4.32. The summed E-state index contributed by atoms with van der Waals surface area (Å²) in [4.78, 5) is 17.9. The quantitative estimate of drug-likeness (QED) is 0.130. The summed E-state index contributed by atoms with van der Waals surface area (Å²) >= 11 is 6.50. The monoisotopic (exact) mass is 601 g/mol. The van der Waals surface area contributed by atoms with Crippen LogP contribution in [0.2, 0.25) is 0 Å². The van der Waals surface area contributed by atoms with Crippen LogP contribution in [0.5, 0.6) is 5.88 Å². The number of rotatable bonds is 9. The third kappa shape index (κ3) is 5.27. The number of hydrogen-bond donors (Lipinski definition) is 2. The second-order valence-electron chi connectivity index (χ2n) is 10.4. The fourth-order valence-corrected chi connectivity index (χ4v) is 6.01. The predicted molar refractivity (Wildman–Crippen MR) is 175 cm³/mol. The Bertz CT molecular complexity index is 1770. The number of carbonyl (C=O) groups excluding carboxylic acids is 1. The summed E-state index contributed by atoms with van der Waals surface area (Å²) in [6.07, 6.45) is 0. The van der Waals surface area contributed by atoms with Crippen molar-refractivity contribution in [1.82, 2.24) is 20.1 Å². The number of hydrogen-bond acceptors (Lipinski definition) is 4. The molecule has 6 rings (SSSR count). The third-order valence-electron chi connectivity index (χ3n) is 7.81. The maximum atomic E-state index is 13.2. The van der Waals surface area contributed by atoms with Crippen LogP contribution in [0.3, 0.4) is 0 Å². The van der Waals surface area contributed by atoms with Crippen LogP contribution in [-0.4, -0.2) is 27.9 Å². The van der Waals surface area contributed by atoms with Crippen LogP contribution in [0.25, 0.3) is 10.9 Å². The minimum Gasteiger partial charge on any atom is -0.479 e. The number of alkyl halides is 1. The van der Waals surface area contributed by atoms with E-state index in [-0.39, 0.29) is 18.0 Å². The summed E-state index contributed by atoms with van der Waals surface area (Å²) in [7, 11) is 1.59. The Kier molecular flexibility index (Phi) is 8.30. The summed E-state index contributed by atoms with van der Waals surface area (Å²) in [5.74, 6) is 0.826. The minimum absolute atomic E-state index is 0.0884. The van der Waals surface area contributed by atoms with Gasteiger partial charge in [-0.15, -0.1) is 16.7 Å². The summed E-state index contributed by atoms with van der Waals surface area (Å²) in [6, 6.07) is 41.8. The molecule has 0 fully saturated rings. The number of ether oxygens (including phenoxy) is 1. The van der Waals surface area contributed by atoms with Crippen molar-refractivity contribution in [1.29, 1.82) is 0 Å². The van der Waals surface area contributed by atoms with Crippen LogP contribution in [0.15, 0.2) is 127 Å². The van der Waals surface area contributed by atoms with E-state index in [1.165, 1.54) is 0 Å². The van der Waals surface area contributed by atoms with Gasteiger partial charge in [0, 0.05) is 6.07 Å². The highest BCUT2D eigenvalue weighted by atomic mass is 35.5. The molecule has 4 aromatic carbocycles. The van der Waals surface area contributed by atoms with Crippen molar-refractivity contribution in [3.05, 3.63) is 155 Å². The zero-order chi connectivity index (χ0) is 30.5. The normalized spacial score (nSPS) is 12.1. The van der Waals surface area contributed by atoms with Crippen molar-refractivity contribution in [2.24, 2.45) is 0 Å². The van der Waals surface area contributed by atoms with Crippen molar-refractivity contribution in [3.8, 4) is 5.88 Å². The highest BCUT2D eigenvalue weighted by Gasteiger charge is 2.41. The topological polar surface area (TPSA) is 81.1 Å². The second-order valence-corrected chi connectivity index (χ2v) is 10.7. The molecule has 2 N–H and O–H groups in total. The Morgan fingerprint density at radius 3 is 1.82 bits per heavy atom.